The Hall–Kier alpha value is -0.840. The minimum atomic E-state index is -0.672. The molecule has 0 aromatic heterocycles. The van der Waals surface area contributed by atoms with Crippen LogP contribution in [0.3, 0.4) is 0 Å². The molecule has 1 aromatic rings. The Morgan fingerprint density at radius 1 is 1.47 bits per heavy atom. The molecule has 1 amide bonds. The monoisotopic (exact) mass is 304 g/mol. The van der Waals surface area contributed by atoms with Crippen molar-refractivity contribution in [2.75, 3.05) is 18.4 Å². The fourth-order valence-corrected chi connectivity index (χ4v) is 2.78. The summed E-state index contributed by atoms with van der Waals surface area (Å²) in [6.45, 7) is 3.46. The SMILES string of the molecule is CCC1(C(=O)Nc2cc(Cl)c(F)c(Cl)c2)CCNC1. The smallest absolute Gasteiger partial charge is 0.231 e. The van der Waals surface area contributed by atoms with Gasteiger partial charge in [0, 0.05) is 12.2 Å². The Morgan fingerprint density at radius 2 is 2.11 bits per heavy atom. The van der Waals surface area contributed by atoms with Gasteiger partial charge in [-0.1, -0.05) is 30.1 Å². The number of carbonyl (C=O) groups is 1. The largest absolute Gasteiger partial charge is 0.325 e. The van der Waals surface area contributed by atoms with Gasteiger partial charge in [0.2, 0.25) is 5.91 Å². The standard InChI is InChI=1S/C13H15Cl2FN2O/c1-2-13(3-4-17-7-13)12(19)18-8-5-9(14)11(16)10(15)6-8/h5-6,17H,2-4,7H2,1H3,(H,18,19). The molecule has 2 rings (SSSR count). The summed E-state index contributed by atoms with van der Waals surface area (Å²) in [5.74, 6) is -0.757. The van der Waals surface area contributed by atoms with E-state index in [-0.39, 0.29) is 16.0 Å². The van der Waals surface area contributed by atoms with Crippen molar-refractivity contribution in [3.63, 3.8) is 0 Å². The lowest BCUT2D eigenvalue weighted by Crippen LogP contribution is -2.37. The quantitative estimate of drug-likeness (QED) is 0.840. The number of benzene rings is 1. The summed E-state index contributed by atoms with van der Waals surface area (Å²) in [6, 6.07) is 2.73. The van der Waals surface area contributed by atoms with Crippen molar-refractivity contribution in [1.82, 2.24) is 5.32 Å². The van der Waals surface area contributed by atoms with Crippen LogP contribution in [0.2, 0.25) is 10.0 Å². The van der Waals surface area contributed by atoms with Gasteiger partial charge < -0.3 is 10.6 Å². The topological polar surface area (TPSA) is 41.1 Å². The average molecular weight is 305 g/mol. The highest BCUT2D eigenvalue weighted by Crippen LogP contribution is 2.32. The normalized spacial score (nSPS) is 22.5. The summed E-state index contributed by atoms with van der Waals surface area (Å²) >= 11 is 11.4. The second-order valence-corrected chi connectivity index (χ2v) is 5.58. The van der Waals surface area contributed by atoms with E-state index in [0.29, 0.717) is 12.2 Å². The summed E-state index contributed by atoms with van der Waals surface area (Å²) in [5, 5.41) is 5.76. The predicted octanol–water partition coefficient (Wildman–Crippen LogP) is 3.46. The molecule has 1 saturated heterocycles. The van der Waals surface area contributed by atoms with Crippen molar-refractivity contribution in [2.24, 2.45) is 5.41 Å². The van der Waals surface area contributed by atoms with Crippen LogP contribution in [0.25, 0.3) is 0 Å². The Bertz CT molecular complexity index is 478. The van der Waals surface area contributed by atoms with E-state index in [2.05, 4.69) is 10.6 Å². The molecule has 1 aliphatic heterocycles. The molecule has 1 aliphatic rings. The lowest BCUT2D eigenvalue weighted by molar-refractivity contribution is -0.124. The fraction of sp³-hybridized carbons (Fsp3) is 0.462. The number of nitrogens with one attached hydrogen (secondary N) is 2. The van der Waals surface area contributed by atoms with Gasteiger partial charge in [0.15, 0.2) is 5.82 Å². The van der Waals surface area contributed by atoms with Gasteiger partial charge in [-0.2, -0.15) is 0 Å². The van der Waals surface area contributed by atoms with Crippen molar-refractivity contribution >= 4 is 34.8 Å². The van der Waals surface area contributed by atoms with Crippen LogP contribution in [-0.2, 0) is 4.79 Å². The predicted molar refractivity (Wildman–Crippen MR) is 75.3 cm³/mol. The number of anilines is 1. The van der Waals surface area contributed by atoms with Crippen LogP contribution >= 0.6 is 23.2 Å². The first-order valence-corrected chi connectivity index (χ1v) is 6.91. The minimum Gasteiger partial charge on any atom is -0.325 e. The molecule has 3 nitrogen and oxygen atoms in total. The van der Waals surface area contributed by atoms with Crippen LogP contribution in [0, 0.1) is 11.2 Å². The number of carbonyl (C=O) groups excluding carboxylic acids is 1. The molecule has 104 valence electrons. The summed E-state index contributed by atoms with van der Waals surface area (Å²) in [4.78, 5) is 12.3. The van der Waals surface area contributed by atoms with E-state index in [1.807, 2.05) is 6.92 Å². The minimum absolute atomic E-state index is 0.0845. The lowest BCUT2D eigenvalue weighted by atomic mass is 9.83. The first-order valence-electron chi connectivity index (χ1n) is 6.15. The van der Waals surface area contributed by atoms with Gasteiger partial charge in [-0.15, -0.1) is 0 Å². The van der Waals surface area contributed by atoms with Crippen molar-refractivity contribution in [2.45, 2.75) is 19.8 Å². The molecule has 1 aromatic carbocycles. The third kappa shape index (κ3) is 2.86. The number of halogens is 3. The highest BCUT2D eigenvalue weighted by molar-refractivity contribution is 6.35. The maximum Gasteiger partial charge on any atom is 0.231 e. The highest BCUT2D eigenvalue weighted by atomic mass is 35.5. The Labute approximate surface area is 121 Å². The molecule has 0 radical (unpaired) electrons. The maximum absolute atomic E-state index is 13.3. The molecule has 0 saturated carbocycles. The molecule has 1 fully saturated rings. The second kappa shape index (κ2) is 5.65. The van der Waals surface area contributed by atoms with Crippen molar-refractivity contribution in [3.05, 3.63) is 28.0 Å². The molecular weight excluding hydrogens is 290 g/mol. The van der Waals surface area contributed by atoms with Crippen molar-refractivity contribution in [3.8, 4) is 0 Å². The highest BCUT2D eigenvalue weighted by Gasteiger charge is 2.39. The van der Waals surface area contributed by atoms with Crippen LogP contribution in [0.1, 0.15) is 19.8 Å². The van der Waals surface area contributed by atoms with Crippen LogP contribution in [0.4, 0.5) is 10.1 Å². The Balaban J connectivity index is 2.19. The van der Waals surface area contributed by atoms with Crippen molar-refractivity contribution < 1.29 is 9.18 Å². The molecule has 1 atom stereocenters. The maximum atomic E-state index is 13.3. The molecular formula is C13H15Cl2FN2O. The van der Waals surface area contributed by atoms with E-state index in [0.717, 1.165) is 19.4 Å². The van der Waals surface area contributed by atoms with Crippen LogP contribution in [0.5, 0.6) is 0 Å². The first kappa shape index (κ1) is 14.6. The molecule has 0 aliphatic carbocycles. The van der Waals surface area contributed by atoms with Gasteiger partial charge in [0.05, 0.1) is 15.5 Å². The van der Waals surface area contributed by atoms with Gasteiger partial charge in [-0.05, 0) is 31.5 Å². The zero-order chi connectivity index (χ0) is 14.0. The Morgan fingerprint density at radius 3 is 2.58 bits per heavy atom. The molecule has 2 N–H and O–H groups in total. The van der Waals surface area contributed by atoms with E-state index in [4.69, 9.17) is 23.2 Å². The van der Waals surface area contributed by atoms with Gasteiger partial charge in [0.1, 0.15) is 0 Å². The van der Waals surface area contributed by atoms with Crippen LogP contribution < -0.4 is 10.6 Å². The lowest BCUT2D eigenvalue weighted by Gasteiger charge is -2.25. The van der Waals surface area contributed by atoms with E-state index in [9.17, 15) is 9.18 Å². The third-order valence-corrected chi connectivity index (χ3v) is 4.19. The number of amides is 1. The van der Waals surface area contributed by atoms with Crippen molar-refractivity contribution in [1.29, 1.82) is 0 Å². The van der Waals surface area contributed by atoms with Gasteiger partial charge in [-0.25, -0.2) is 4.39 Å². The summed E-state index contributed by atoms with van der Waals surface area (Å²) in [5.41, 5.74) is 0.00832. The summed E-state index contributed by atoms with van der Waals surface area (Å²) in [7, 11) is 0. The van der Waals surface area contributed by atoms with Gasteiger partial charge in [0.25, 0.3) is 0 Å². The van der Waals surface area contributed by atoms with E-state index >= 15 is 0 Å². The number of rotatable bonds is 3. The number of hydrogen-bond acceptors (Lipinski definition) is 2. The molecule has 0 spiro atoms. The molecule has 1 heterocycles. The summed E-state index contributed by atoms with van der Waals surface area (Å²) < 4.78 is 13.3. The molecule has 0 bridgehead atoms. The molecule has 6 heteroatoms. The van der Waals surface area contributed by atoms with Crippen LogP contribution in [-0.4, -0.2) is 19.0 Å². The Kier molecular flexibility index (Phi) is 4.33. The zero-order valence-corrected chi connectivity index (χ0v) is 12.0. The first-order chi connectivity index (χ1) is 8.98. The fourth-order valence-electron chi connectivity index (χ4n) is 2.29. The average Bonchev–Trinajstić information content (AvgIpc) is 2.85. The number of hydrogen-bond donors (Lipinski definition) is 2. The van der Waals surface area contributed by atoms with Crippen LogP contribution in [0.15, 0.2) is 12.1 Å². The third-order valence-electron chi connectivity index (χ3n) is 3.64. The summed E-state index contributed by atoms with van der Waals surface area (Å²) in [6.07, 6.45) is 1.53. The molecule has 1 unspecified atom stereocenters. The van der Waals surface area contributed by atoms with E-state index in [1.54, 1.807) is 0 Å². The second-order valence-electron chi connectivity index (χ2n) is 4.77. The van der Waals surface area contributed by atoms with E-state index in [1.165, 1.54) is 12.1 Å². The van der Waals surface area contributed by atoms with Gasteiger partial charge in [-0.3, -0.25) is 4.79 Å². The molecule has 19 heavy (non-hydrogen) atoms. The zero-order valence-electron chi connectivity index (χ0n) is 10.5. The van der Waals surface area contributed by atoms with E-state index < -0.39 is 11.2 Å². The van der Waals surface area contributed by atoms with Gasteiger partial charge >= 0.3 is 0 Å².